The highest BCUT2D eigenvalue weighted by molar-refractivity contribution is 7.26. The first-order chi connectivity index (χ1) is 40.2. The summed E-state index contributed by atoms with van der Waals surface area (Å²) < 4.78 is 7.25. The Morgan fingerprint density at radius 3 is 1.41 bits per heavy atom. The second-order valence-electron chi connectivity index (χ2n) is 20.6. The highest BCUT2D eigenvalue weighted by atomic mass is 32.1. The molecule has 0 aliphatic heterocycles. The number of benzene rings is 12. The van der Waals surface area contributed by atoms with Crippen LogP contribution >= 0.6 is 11.3 Å². The predicted molar refractivity (Wildman–Crippen MR) is 339 cm³/mol. The number of rotatable bonds is 9. The molecule has 0 aliphatic rings. The third-order valence-electron chi connectivity index (χ3n) is 16.0. The lowest BCUT2D eigenvalue weighted by atomic mass is 9.95. The summed E-state index contributed by atoms with van der Waals surface area (Å²) in [6, 6.07) is 103. The van der Waals surface area contributed by atoms with E-state index in [0.29, 0.717) is 17.5 Å². The van der Waals surface area contributed by atoms with Gasteiger partial charge in [0.1, 0.15) is 0 Å². The summed E-state index contributed by atoms with van der Waals surface area (Å²) in [6.45, 7) is 0. The average molecular weight is 1050 g/mol. The maximum Gasteiger partial charge on any atom is 0.166 e. The molecule has 12 aromatic carbocycles. The van der Waals surface area contributed by atoms with Gasteiger partial charge in [-0.3, -0.25) is 0 Å². The van der Waals surface area contributed by atoms with Crippen LogP contribution in [0.5, 0.6) is 0 Å². The zero-order chi connectivity index (χ0) is 53.4. The molecule has 0 spiro atoms. The molecule has 0 saturated carbocycles. The van der Waals surface area contributed by atoms with E-state index in [1.54, 1.807) is 11.3 Å². The molecule has 0 aliphatic carbocycles. The number of para-hydroxylation sites is 2. The molecule has 0 atom stereocenters. The minimum atomic E-state index is 0.588. The first-order valence-corrected chi connectivity index (χ1v) is 28.2. The smallest absolute Gasteiger partial charge is 0.166 e. The Bertz CT molecular complexity index is 5080. The van der Waals surface area contributed by atoms with E-state index in [1.807, 2.05) is 0 Å². The molecule has 0 fully saturated rings. The highest BCUT2D eigenvalue weighted by Gasteiger charge is 2.25. The molecule has 16 aromatic rings. The van der Waals surface area contributed by atoms with Crippen LogP contribution in [0.15, 0.2) is 285 Å². The first kappa shape index (κ1) is 46.6. The molecule has 4 aromatic heterocycles. The topological polar surface area (TPSA) is 48.5 Å². The van der Waals surface area contributed by atoms with Crippen molar-refractivity contribution in [1.29, 1.82) is 0 Å². The van der Waals surface area contributed by atoms with Crippen LogP contribution in [0, 0.1) is 0 Å². The lowest BCUT2D eigenvalue weighted by Gasteiger charge is -2.17. The van der Waals surface area contributed by atoms with Gasteiger partial charge >= 0.3 is 0 Å². The summed E-state index contributed by atoms with van der Waals surface area (Å²) in [6.07, 6.45) is 0. The fourth-order valence-electron chi connectivity index (χ4n) is 12.3. The van der Waals surface area contributed by atoms with E-state index in [2.05, 4.69) is 294 Å². The van der Waals surface area contributed by atoms with Crippen LogP contribution in [-0.2, 0) is 0 Å². The summed E-state index contributed by atoms with van der Waals surface area (Å²) in [5.41, 5.74) is 18.5. The standard InChI is InChI=1S/C75H47N5S/c1-5-20-48(21-6-1)51-38-40-52(41-39-51)73-76-74(78-75(77-73)63-33-17-32-59-56-28-14-16-37-69(56)81-72(59)63)62-45-43-54(50-24-9-3-10-25-50)47-68(62)80-64-34-15-13-29-60(64)70-57(31-19-36-66(70)80)58-30-18-35-65-71(58)61-44-42-53(49-22-7-2-8-23-49)46-67(61)79(65)55-26-11-4-12-27-55/h1-47H. The second-order valence-corrected chi connectivity index (χ2v) is 21.7. The van der Waals surface area contributed by atoms with Crippen LogP contribution in [-0.4, -0.2) is 24.1 Å². The first-order valence-electron chi connectivity index (χ1n) is 27.4. The minimum Gasteiger partial charge on any atom is -0.309 e. The Balaban J connectivity index is 0.951. The Kier molecular flexibility index (Phi) is 11.0. The fourth-order valence-corrected chi connectivity index (χ4v) is 13.5. The van der Waals surface area contributed by atoms with Gasteiger partial charge in [0.15, 0.2) is 17.5 Å². The number of fused-ring (bicyclic) bond motifs is 9. The van der Waals surface area contributed by atoms with E-state index in [-0.39, 0.29) is 0 Å². The molecular weight excluding hydrogens is 1000 g/mol. The van der Waals surface area contributed by atoms with Crippen molar-refractivity contribution in [2.45, 2.75) is 0 Å². The predicted octanol–water partition coefficient (Wildman–Crippen LogP) is 20.1. The molecule has 0 saturated heterocycles. The number of aromatic nitrogens is 5. The Hall–Kier alpha value is -10.5. The van der Waals surface area contributed by atoms with Crippen LogP contribution in [0.1, 0.15) is 0 Å². The third-order valence-corrected chi connectivity index (χ3v) is 17.2. The monoisotopic (exact) mass is 1050 g/mol. The normalized spacial score (nSPS) is 11.7. The Morgan fingerprint density at radius 1 is 0.259 bits per heavy atom. The van der Waals surface area contributed by atoms with E-state index in [0.717, 1.165) is 88.0 Å². The molecule has 6 heteroatoms. The molecule has 5 nitrogen and oxygen atoms in total. The Labute approximate surface area is 471 Å². The zero-order valence-corrected chi connectivity index (χ0v) is 44.6. The molecule has 0 radical (unpaired) electrons. The summed E-state index contributed by atoms with van der Waals surface area (Å²) in [5.74, 6) is 1.82. The van der Waals surface area contributed by atoms with E-state index in [4.69, 9.17) is 15.0 Å². The summed E-state index contributed by atoms with van der Waals surface area (Å²) in [5, 5.41) is 7.15. The van der Waals surface area contributed by atoms with Gasteiger partial charge in [0, 0.05) is 64.1 Å². The lowest BCUT2D eigenvalue weighted by molar-refractivity contribution is 1.07. The largest absolute Gasteiger partial charge is 0.309 e. The maximum atomic E-state index is 5.57. The van der Waals surface area contributed by atoms with Gasteiger partial charge < -0.3 is 9.13 Å². The molecule has 4 heterocycles. The minimum absolute atomic E-state index is 0.588. The quantitative estimate of drug-likeness (QED) is 0.145. The maximum absolute atomic E-state index is 5.57. The number of hydrogen-bond acceptors (Lipinski definition) is 4. The van der Waals surface area contributed by atoms with Crippen LogP contribution in [0.2, 0.25) is 0 Å². The Morgan fingerprint density at radius 2 is 0.716 bits per heavy atom. The number of nitrogens with zero attached hydrogens (tertiary/aromatic N) is 5. The molecule has 16 rings (SSSR count). The van der Waals surface area contributed by atoms with Crippen LogP contribution < -0.4 is 0 Å². The lowest BCUT2D eigenvalue weighted by Crippen LogP contribution is -2.04. The zero-order valence-electron chi connectivity index (χ0n) is 43.8. The van der Waals surface area contributed by atoms with Crippen molar-refractivity contribution in [2.24, 2.45) is 0 Å². The van der Waals surface area contributed by atoms with Gasteiger partial charge in [-0.1, -0.05) is 224 Å². The van der Waals surface area contributed by atoms with Gasteiger partial charge in [-0.2, -0.15) is 0 Å². The van der Waals surface area contributed by atoms with Crippen molar-refractivity contribution >= 4 is 75.1 Å². The van der Waals surface area contributed by atoms with Gasteiger partial charge in [0.05, 0.1) is 27.8 Å². The molecule has 0 unspecified atom stereocenters. The molecule has 81 heavy (non-hydrogen) atoms. The van der Waals surface area contributed by atoms with Crippen LogP contribution in [0.3, 0.4) is 0 Å². The summed E-state index contributed by atoms with van der Waals surface area (Å²) in [4.78, 5) is 16.5. The number of thiophene rings is 1. The van der Waals surface area contributed by atoms with Gasteiger partial charge in [-0.05, 0) is 105 Å². The van der Waals surface area contributed by atoms with Gasteiger partial charge in [-0.25, -0.2) is 15.0 Å². The van der Waals surface area contributed by atoms with Crippen molar-refractivity contribution in [3.63, 3.8) is 0 Å². The summed E-state index contributed by atoms with van der Waals surface area (Å²) in [7, 11) is 0. The van der Waals surface area contributed by atoms with Crippen molar-refractivity contribution in [2.75, 3.05) is 0 Å². The molecule has 0 N–H and O–H groups in total. The molecule has 378 valence electrons. The SMILES string of the molecule is c1ccc(-c2ccc(-c3nc(-c4ccc(-c5ccccc5)cc4-n4c5ccccc5c5c(-c6cccc7c6c6ccc(-c8ccccc8)cc6n7-c6ccccc6)cccc54)nc(-c4cccc5c4sc4ccccc45)n3)cc2)cc1. The van der Waals surface area contributed by atoms with E-state index in [9.17, 15) is 0 Å². The molecule has 0 amide bonds. The summed E-state index contributed by atoms with van der Waals surface area (Å²) >= 11 is 1.78. The third kappa shape index (κ3) is 7.79. The van der Waals surface area contributed by atoms with Gasteiger partial charge in [-0.15, -0.1) is 11.3 Å². The second kappa shape index (κ2) is 19.1. The number of hydrogen-bond donors (Lipinski definition) is 0. The average Bonchev–Trinajstić information content (AvgIpc) is 4.43. The van der Waals surface area contributed by atoms with Crippen molar-refractivity contribution < 1.29 is 0 Å². The molecule has 0 bridgehead atoms. The van der Waals surface area contributed by atoms with E-state index >= 15 is 0 Å². The van der Waals surface area contributed by atoms with E-state index in [1.165, 1.54) is 48.3 Å². The van der Waals surface area contributed by atoms with Crippen LogP contribution in [0.4, 0.5) is 0 Å². The van der Waals surface area contributed by atoms with Crippen LogP contribution in [0.25, 0.3) is 154 Å². The van der Waals surface area contributed by atoms with Gasteiger partial charge in [0.2, 0.25) is 0 Å². The van der Waals surface area contributed by atoms with Crippen molar-refractivity contribution in [3.8, 4) is 90.0 Å². The van der Waals surface area contributed by atoms with Crippen molar-refractivity contribution in [3.05, 3.63) is 285 Å². The van der Waals surface area contributed by atoms with Crippen molar-refractivity contribution in [1.82, 2.24) is 24.1 Å². The highest BCUT2D eigenvalue weighted by Crippen LogP contribution is 2.47. The fraction of sp³-hybridized carbons (Fsp3) is 0. The van der Waals surface area contributed by atoms with Gasteiger partial charge in [0.25, 0.3) is 0 Å². The molecular formula is C75H47N5S. The van der Waals surface area contributed by atoms with E-state index < -0.39 is 0 Å².